The lowest BCUT2D eigenvalue weighted by atomic mass is 10.1. The van der Waals surface area contributed by atoms with Crippen molar-refractivity contribution in [3.8, 4) is 5.75 Å². The van der Waals surface area contributed by atoms with E-state index < -0.39 is 23.3 Å². The molecular weight excluding hydrogens is 379 g/mol. The van der Waals surface area contributed by atoms with Gasteiger partial charge in [-0.25, -0.2) is 9.18 Å². The van der Waals surface area contributed by atoms with Crippen LogP contribution in [-0.2, 0) is 4.74 Å². The smallest absolute Gasteiger partial charge is 0.343 e. The largest absolute Gasteiger partial charge is 0.489 e. The predicted octanol–water partition coefficient (Wildman–Crippen LogP) is 2.37. The van der Waals surface area contributed by atoms with Crippen LogP contribution < -0.4 is 15.1 Å². The van der Waals surface area contributed by atoms with Crippen LogP contribution in [0.25, 0.3) is 10.9 Å². The highest BCUT2D eigenvalue weighted by Crippen LogP contribution is 2.46. The highest BCUT2D eigenvalue weighted by atomic mass is 19.1. The van der Waals surface area contributed by atoms with Crippen molar-refractivity contribution in [2.45, 2.75) is 50.8 Å². The molecule has 0 spiro atoms. The number of aromatic nitrogens is 1. The van der Waals surface area contributed by atoms with Gasteiger partial charge in [-0.3, -0.25) is 4.79 Å². The quantitative estimate of drug-likeness (QED) is 0.794. The van der Waals surface area contributed by atoms with Gasteiger partial charge in [-0.15, -0.1) is 0 Å². The molecule has 5 rings (SSSR count). The first-order valence-corrected chi connectivity index (χ1v) is 10.2. The van der Waals surface area contributed by atoms with E-state index in [2.05, 4.69) is 0 Å². The van der Waals surface area contributed by atoms with Crippen LogP contribution in [-0.4, -0.2) is 47.5 Å². The first kappa shape index (κ1) is 18.4. The zero-order valence-corrected chi connectivity index (χ0v) is 16.2. The Morgan fingerprint density at radius 1 is 1.34 bits per heavy atom. The SMILES string of the molecule is CCOC(=O)c1cn(C2CC2)c2c3c(c(F)cc2c1=O)N1C[C@H](O)C[C@@H]1CCO3. The van der Waals surface area contributed by atoms with Crippen molar-refractivity contribution in [1.82, 2.24) is 4.57 Å². The lowest BCUT2D eigenvalue weighted by Gasteiger charge is -2.26. The number of pyridine rings is 1. The van der Waals surface area contributed by atoms with E-state index in [1.807, 2.05) is 9.47 Å². The zero-order chi connectivity index (χ0) is 20.3. The van der Waals surface area contributed by atoms with Gasteiger partial charge in [0.25, 0.3) is 0 Å². The van der Waals surface area contributed by atoms with E-state index in [0.717, 1.165) is 12.8 Å². The maximum atomic E-state index is 15.3. The summed E-state index contributed by atoms with van der Waals surface area (Å²) in [6.07, 6.45) is 4.08. The van der Waals surface area contributed by atoms with Crippen molar-refractivity contribution in [3.05, 3.63) is 33.9 Å². The molecular formula is C21H23FN2O5. The third kappa shape index (κ3) is 2.88. The molecule has 7 nitrogen and oxygen atoms in total. The van der Waals surface area contributed by atoms with Crippen molar-refractivity contribution in [3.63, 3.8) is 0 Å². The van der Waals surface area contributed by atoms with E-state index in [1.165, 1.54) is 12.3 Å². The van der Waals surface area contributed by atoms with Crippen LogP contribution in [0, 0.1) is 5.82 Å². The molecule has 2 aromatic rings. The Hall–Kier alpha value is -2.61. The normalized spacial score (nSPS) is 23.3. The molecule has 1 N–H and O–H groups in total. The summed E-state index contributed by atoms with van der Waals surface area (Å²) in [4.78, 5) is 27.2. The third-order valence-electron chi connectivity index (χ3n) is 6.01. The van der Waals surface area contributed by atoms with Gasteiger partial charge in [0.05, 0.1) is 30.2 Å². The second kappa shape index (κ2) is 6.73. The standard InChI is InChI=1S/C21H23FN2O5/c1-2-28-21(27)15-10-24(11-3-4-11)17-14(19(15)26)8-16(22)18-20(17)29-6-5-12-7-13(25)9-23(12)18/h8,10-13,25H,2-7,9H2,1H3/t12-,13+/m0/s1. The van der Waals surface area contributed by atoms with Gasteiger partial charge < -0.3 is 24.0 Å². The number of rotatable bonds is 3. The number of fused-ring (bicyclic) bond motifs is 5. The van der Waals surface area contributed by atoms with Crippen molar-refractivity contribution in [1.29, 1.82) is 0 Å². The van der Waals surface area contributed by atoms with Crippen LogP contribution in [0.2, 0.25) is 0 Å². The number of aliphatic hydroxyl groups excluding tert-OH is 1. The summed E-state index contributed by atoms with van der Waals surface area (Å²) >= 11 is 0. The molecule has 3 heterocycles. The first-order chi connectivity index (χ1) is 14.0. The van der Waals surface area contributed by atoms with E-state index >= 15 is 4.39 Å². The minimum Gasteiger partial charge on any atom is -0.489 e. The molecule has 1 aromatic heterocycles. The van der Waals surface area contributed by atoms with Crippen LogP contribution in [0.5, 0.6) is 5.75 Å². The second-order valence-corrected chi connectivity index (χ2v) is 8.00. The molecule has 2 aliphatic heterocycles. The number of hydrogen-bond acceptors (Lipinski definition) is 6. The Labute approximate surface area is 166 Å². The Bertz CT molecular complexity index is 1060. The number of anilines is 1. The molecule has 0 amide bonds. The van der Waals surface area contributed by atoms with Gasteiger partial charge in [0, 0.05) is 31.2 Å². The number of ether oxygens (including phenoxy) is 2. The van der Waals surface area contributed by atoms with Gasteiger partial charge in [-0.1, -0.05) is 0 Å². The molecule has 1 saturated carbocycles. The van der Waals surface area contributed by atoms with Crippen LogP contribution in [0.3, 0.4) is 0 Å². The summed E-state index contributed by atoms with van der Waals surface area (Å²) in [5.41, 5.74) is 0.176. The monoisotopic (exact) mass is 402 g/mol. The fourth-order valence-corrected chi connectivity index (χ4v) is 4.58. The molecule has 8 heteroatoms. The van der Waals surface area contributed by atoms with Gasteiger partial charge in [0.1, 0.15) is 11.3 Å². The average Bonchev–Trinajstić information content (AvgIpc) is 3.47. The summed E-state index contributed by atoms with van der Waals surface area (Å²) in [7, 11) is 0. The van der Waals surface area contributed by atoms with Gasteiger partial charge in [-0.05, 0) is 32.3 Å². The number of esters is 1. The molecule has 1 aliphatic carbocycles. The minimum atomic E-state index is -0.701. The maximum absolute atomic E-state index is 15.3. The Kier molecular flexibility index (Phi) is 4.27. The molecule has 29 heavy (non-hydrogen) atoms. The third-order valence-corrected chi connectivity index (χ3v) is 6.01. The fraction of sp³-hybridized carbons (Fsp3) is 0.524. The average molecular weight is 402 g/mol. The molecule has 0 radical (unpaired) electrons. The number of carbonyl (C=O) groups is 1. The van der Waals surface area contributed by atoms with E-state index in [-0.39, 0.29) is 29.6 Å². The summed E-state index contributed by atoms with van der Waals surface area (Å²) in [5, 5.41) is 10.2. The highest BCUT2D eigenvalue weighted by molar-refractivity contribution is 5.98. The van der Waals surface area contributed by atoms with Crippen LogP contribution in [0.15, 0.2) is 17.1 Å². The Morgan fingerprint density at radius 2 is 2.14 bits per heavy atom. The Morgan fingerprint density at radius 3 is 2.86 bits per heavy atom. The van der Waals surface area contributed by atoms with Crippen LogP contribution in [0.4, 0.5) is 10.1 Å². The summed E-state index contributed by atoms with van der Waals surface area (Å²) < 4.78 is 28.2. The lowest BCUT2D eigenvalue weighted by molar-refractivity contribution is 0.0524. The predicted molar refractivity (Wildman–Crippen MR) is 104 cm³/mol. The molecule has 1 saturated heterocycles. The summed E-state index contributed by atoms with van der Waals surface area (Å²) in [6.45, 7) is 2.53. The number of hydrogen-bond donors (Lipinski definition) is 1. The summed E-state index contributed by atoms with van der Waals surface area (Å²) in [6, 6.07) is 1.33. The van der Waals surface area contributed by atoms with Gasteiger partial charge in [0.2, 0.25) is 5.43 Å². The highest BCUT2D eigenvalue weighted by Gasteiger charge is 2.38. The number of halogens is 1. The number of benzene rings is 1. The molecule has 2 fully saturated rings. The van der Waals surface area contributed by atoms with E-state index in [0.29, 0.717) is 42.9 Å². The van der Waals surface area contributed by atoms with Gasteiger partial charge >= 0.3 is 5.97 Å². The maximum Gasteiger partial charge on any atom is 0.343 e. The molecule has 1 aromatic carbocycles. The number of carbonyl (C=O) groups excluding carboxylic acids is 1. The molecule has 3 aliphatic rings. The molecule has 0 bridgehead atoms. The van der Waals surface area contributed by atoms with Crippen LogP contribution >= 0.6 is 0 Å². The molecule has 0 unspecified atom stereocenters. The van der Waals surface area contributed by atoms with E-state index in [1.54, 1.807) is 6.92 Å². The topological polar surface area (TPSA) is 81.0 Å². The second-order valence-electron chi connectivity index (χ2n) is 8.00. The van der Waals surface area contributed by atoms with Crippen molar-refractivity contribution in [2.24, 2.45) is 0 Å². The number of aliphatic hydroxyl groups is 1. The number of nitrogens with zero attached hydrogens (tertiary/aromatic N) is 2. The summed E-state index contributed by atoms with van der Waals surface area (Å²) in [5.74, 6) is -0.947. The van der Waals surface area contributed by atoms with Crippen molar-refractivity contribution >= 4 is 22.6 Å². The van der Waals surface area contributed by atoms with Gasteiger partial charge in [0.15, 0.2) is 11.6 Å². The van der Waals surface area contributed by atoms with E-state index in [9.17, 15) is 14.7 Å². The fourth-order valence-electron chi connectivity index (χ4n) is 4.58. The Balaban J connectivity index is 1.80. The lowest BCUT2D eigenvalue weighted by Crippen LogP contribution is -2.30. The molecule has 2 atom stereocenters. The van der Waals surface area contributed by atoms with E-state index in [4.69, 9.17) is 9.47 Å². The van der Waals surface area contributed by atoms with Crippen LogP contribution in [0.1, 0.15) is 49.0 Å². The zero-order valence-electron chi connectivity index (χ0n) is 16.2. The minimum absolute atomic E-state index is 0.00176. The van der Waals surface area contributed by atoms with Gasteiger partial charge in [-0.2, -0.15) is 0 Å². The first-order valence-electron chi connectivity index (χ1n) is 10.2. The van der Waals surface area contributed by atoms with Crippen molar-refractivity contribution < 1.29 is 23.8 Å². The van der Waals surface area contributed by atoms with Crippen molar-refractivity contribution in [2.75, 3.05) is 24.7 Å². The molecule has 154 valence electrons.